The lowest BCUT2D eigenvalue weighted by Gasteiger charge is -2.15. The van der Waals surface area contributed by atoms with E-state index >= 15 is 0 Å². The van der Waals surface area contributed by atoms with Crippen molar-refractivity contribution in [2.24, 2.45) is 10.7 Å². The number of para-hydroxylation sites is 2. The van der Waals surface area contributed by atoms with Crippen LogP contribution in [0.4, 0.5) is 0 Å². The number of aromatic hydroxyl groups is 1. The van der Waals surface area contributed by atoms with Gasteiger partial charge in [0.05, 0.1) is 12.1 Å². The maximum atomic E-state index is 13.1. The average molecular weight is 321 g/mol. The molecule has 5 heteroatoms. The van der Waals surface area contributed by atoms with Crippen molar-refractivity contribution in [1.82, 2.24) is 4.57 Å². The van der Waals surface area contributed by atoms with E-state index in [4.69, 9.17) is 5.73 Å². The van der Waals surface area contributed by atoms with Crippen molar-refractivity contribution in [3.63, 3.8) is 0 Å². The number of benzene rings is 2. The van der Waals surface area contributed by atoms with E-state index < -0.39 is 0 Å². The molecule has 0 radical (unpaired) electrons. The van der Waals surface area contributed by atoms with Crippen LogP contribution in [-0.2, 0) is 0 Å². The molecule has 24 heavy (non-hydrogen) atoms. The smallest absolute Gasteiger partial charge is 0.268 e. The first-order valence-corrected chi connectivity index (χ1v) is 7.78. The molecule has 3 aromatic rings. The molecule has 3 N–H and O–H groups in total. The molecule has 0 amide bonds. The summed E-state index contributed by atoms with van der Waals surface area (Å²) in [5, 5.41) is 11.3. The summed E-state index contributed by atoms with van der Waals surface area (Å²) in [6.45, 7) is 2.51. The zero-order valence-electron chi connectivity index (χ0n) is 13.4. The molecule has 0 saturated carbocycles. The lowest BCUT2D eigenvalue weighted by Crippen LogP contribution is -2.25. The summed E-state index contributed by atoms with van der Waals surface area (Å²) in [6, 6.07) is 16.7. The van der Waals surface area contributed by atoms with E-state index in [2.05, 4.69) is 4.99 Å². The highest BCUT2D eigenvalue weighted by Gasteiger charge is 2.18. The molecule has 2 aromatic carbocycles. The highest BCUT2D eigenvalue weighted by molar-refractivity contribution is 6.05. The van der Waals surface area contributed by atoms with Crippen molar-refractivity contribution in [2.45, 2.75) is 6.92 Å². The molecule has 0 aliphatic rings. The van der Waals surface area contributed by atoms with Crippen molar-refractivity contribution in [2.75, 3.05) is 13.1 Å². The standard InChI is InChI=1S/C19H19N3O2/c1-13(21-12-11-20)17-18(23)15-9-5-6-10-16(15)22(19(17)24)14-7-3-2-4-8-14/h2-10,23H,11-12,20H2,1H3. The van der Waals surface area contributed by atoms with Crippen LogP contribution >= 0.6 is 0 Å². The van der Waals surface area contributed by atoms with Crippen LogP contribution in [0.3, 0.4) is 0 Å². The molecule has 3 rings (SSSR count). The minimum Gasteiger partial charge on any atom is -0.506 e. The van der Waals surface area contributed by atoms with Gasteiger partial charge in [-0.15, -0.1) is 0 Å². The van der Waals surface area contributed by atoms with Crippen LogP contribution in [0.1, 0.15) is 12.5 Å². The largest absolute Gasteiger partial charge is 0.506 e. The normalized spacial score (nSPS) is 11.8. The Morgan fingerprint density at radius 2 is 1.79 bits per heavy atom. The van der Waals surface area contributed by atoms with E-state index in [1.54, 1.807) is 17.6 Å². The number of nitrogens with zero attached hydrogens (tertiary/aromatic N) is 2. The third kappa shape index (κ3) is 2.70. The molecule has 0 fully saturated rings. The maximum absolute atomic E-state index is 13.1. The number of aromatic nitrogens is 1. The van der Waals surface area contributed by atoms with Gasteiger partial charge in [0.25, 0.3) is 5.56 Å². The molecule has 0 unspecified atom stereocenters. The molecule has 0 atom stereocenters. The van der Waals surface area contributed by atoms with E-state index in [-0.39, 0.29) is 16.9 Å². The number of rotatable bonds is 4. The van der Waals surface area contributed by atoms with E-state index in [0.29, 0.717) is 29.7 Å². The summed E-state index contributed by atoms with van der Waals surface area (Å²) in [5.74, 6) is -0.0407. The van der Waals surface area contributed by atoms with E-state index in [1.807, 2.05) is 48.5 Å². The average Bonchev–Trinajstić information content (AvgIpc) is 2.61. The summed E-state index contributed by atoms with van der Waals surface area (Å²) in [7, 11) is 0. The van der Waals surface area contributed by atoms with Gasteiger partial charge < -0.3 is 10.8 Å². The minimum absolute atomic E-state index is 0.0407. The van der Waals surface area contributed by atoms with Crippen molar-refractivity contribution in [3.8, 4) is 11.4 Å². The van der Waals surface area contributed by atoms with Gasteiger partial charge in [-0.1, -0.05) is 30.3 Å². The number of pyridine rings is 1. The van der Waals surface area contributed by atoms with Crippen LogP contribution in [0.25, 0.3) is 16.6 Å². The predicted octanol–water partition coefficient (Wildman–Crippen LogP) is 2.46. The van der Waals surface area contributed by atoms with Crippen LogP contribution in [0, 0.1) is 0 Å². The van der Waals surface area contributed by atoms with E-state index in [1.165, 1.54) is 0 Å². The molecule has 0 spiro atoms. The summed E-state index contributed by atoms with van der Waals surface area (Å²) in [5.41, 5.74) is 7.29. The second-order valence-electron chi connectivity index (χ2n) is 5.47. The zero-order valence-corrected chi connectivity index (χ0v) is 13.4. The fourth-order valence-corrected chi connectivity index (χ4v) is 2.80. The molecular formula is C19H19N3O2. The fourth-order valence-electron chi connectivity index (χ4n) is 2.80. The van der Waals surface area contributed by atoms with Crippen LogP contribution in [0.15, 0.2) is 64.4 Å². The third-order valence-electron chi connectivity index (χ3n) is 3.91. The van der Waals surface area contributed by atoms with Crippen LogP contribution in [0.2, 0.25) is 0 Å². The molecule has 0 saturated heterocycles. The molecule has 1 aromatic heterocycles. The molecule has 122 valence electrons. The summed E-state index contributed by atoms with van der Waals surface area (Å²) in [4.78, 5) is 17.4. The second kappa shape index (κ2) is 6.68. The van der Waals surface area contributed by atoms with Gasteiger partial charge in [-0.05, 0) is 31.2 Å². The number of hydrogen-bond donors (Lipinski definition) is 2. The van der Waals surface area contributed by atoms with Crippen molar-refractivity contribution in [1.29, 1.82) is 0 Å². The fraction of sp³-hybridized carbons (Fsp3) is 0.158. The van der Waals surface area contributed by atoms with Crippen LogP contribution < -0.4 is 11.3 Å². The van der Waals surface area contributed by atoms with Crippen LogP contribution in [0.5, 0.6) is 5.75 Å². The van der Waals surface area contributed by atoms with Crippen molar-refractivity contribution < 1.29 is 5.11 Å². The second-order valence-corrected chi connectivity index (χ2v) is 5.47. The van der Waals surface area contributed by atoms with Gasteiger partial charge in [0, 0.05) is 23.3 Å². The van der Waals surface area contributed by atoms with Gasteiger partial charge in [0.1, 0.15) is 11.3 Å². The Morgan fingerprint density at radius 1 is 1.12 bits per heavy atom. The Kier molecular flexibility index (Phi) is 4.44. The Balaban J connectivity index is 2.41. The topological polar surface area (TPSA) is 80.6 Å². The lowest BCUT2D eigenvalue weighted by molar-refractivity contribution is 0.478. The lowest BCUT2D eigenvalue weighted by atomic mass is 10.1. The summed E-state index contributed by atoms with van der Waals surface area (Å²) >= 11 is 0. The van der Waals surface area contributed by atoms with E-state index in [0.717, 1.165) is 5.69 Å². The van der Waals surface area contributed by atoms with Crippen molar-refractivity contribution >= 4 is 16.6 Å². The van der Waals surface area contributed by atoms with Gasteiger partial charge in [-0.25, -0.2) is 0 Å². The van der Waals surface area contributed by atoms with Gasteiger partial charge in [0.15, 0.2) is 0 Å². The molecule has 0 bridgehead atoms. The van der Waals surface area contributed by atoms with Gasteiger partial charge in [0.2, 0.25) is 0 Å². The molecule has 0 aliphatic carbocycles. The number of aliphatic imine (C=N–C) groups is 1. The quantitative estimate of drug-likeness (QED) is 0.724. The van der Waals surface area contributed by atoms with Crippen LogP contribution in [-0.4, -0.2) is 28.5 Å². The van der Waals surface area contributed by atoms with Gasteiger partial charge in [-0.2, -0.15) is 0 Å². The molecule has 0 aliphatic heterocycles. The monoisotopic (exact) mass is 321 g/mol. The summed E-state index contributed by atoms with van der Waals surface area (Å²) in [6.07, 6.45) is 0. The number of fused-ring (bicyclic) bond motifs is 1. The molecule has 1 heterocycles. The van der Waals surface area contributed by atoms with Crippen molar-refractivity contribution in [3.05, 3.63) is 70.5 Å². The first-order chi connectivity index (χ1) is 11.6. The molecular weight excluding hydrogens is 302 g/mol. The number of nitrogens with two attached hydrogens (primary N) is 1. The Hall–Kier alpha value is -2.92. The SMILES string of the molecule is CC(=NCCN)c1c(O)c2ccccc2n(-c2ccccc2)c1=O. The highest BCUT2D eigenvalue weighted by Crippen LogP contribution is 2.28. The van der Waals surface area contributed by atoms with E-state index in [9.17, 15) is 9.90 Å². The first kappa shape index (κ1) is 16.0. The maximum Gasteiger partial charge on any atom is 0.268 e. The third-order valence-corrected chi connectivity index (χ3v) is 3.91. The Labute approximate surface area is 139 Å². The predicted molar refractivity (Wildman–Crippen MR) is 97.3 cm³/mol. The summed E-state index contributed by atoms with van der Waals surface area (Å²) < 4.78 is 1.60. The number of hydrogen-bond acceptors (Lipinski definition) is 4. The zero-order chi connectivity index (χ0) is 17.1. The molecule has 5 nitrogen and oxygen atoms in total. The Morgan fingerprint density at radius 3 is 2.50 bits per heavy atom. The Bertz CT molecular complexity index is 960. The van der Waals surface area contributed by atoms with Gasteiger partial charge >= 0.3 is 0 Å². The first-order valence-electron chi connectivity index (χ1n) is 7.78. The van der Waals surface area contributed by atoms with Gasteiger partial charge in [-0.3, -0.25) is 14.4 Å². The highest BCUT2D eigenvalue weighted by atomic mass is 16.3. The minimum atomic E-state index is -0.296.